The van der Waals surface area contributed by atoms with Gasteiger partial charge < -0.3 is 9.88 Å². The Morgan fingerprint density at radius 3 is 2.80 bits per heavy atom. The van der Waals surface area contributed by atoms with Gasteiger partial charge in [0.2, 0.25) is 0 Å². The number of nitrogens with zero attached hydrogens (tertiary/aromatic N) is 4. The number of hydrogen-bond acceptors (Lipinski definition) is 5. The Hall–Kier alpha value is -2.47. The Balaban J connectivity index is 1.35. The zero-order valence-corrected chi connectivity index (χ0v) is 14.8. The second-order valence-electron chi connectivity index (χ2n) is 6.55. The van der Waals surface area contributed by atoms with E-state index < -0.39 is 0 Å². The third-order valence-electron chi connectivity index (χ3n) is 4.94. The second kappa shape index (κ2) is 5.81. The lowest BCUT2D eigenvalue weighted by molar-refractivity contribution is 0.282. The van der Waals surface area contributed by atoms with Crippen molar-refractivity contribution in [3.05, 3.63) is 48.4 Å². The van der Waals surface area contributed by atoms with Crippen LogP contribution in [0.5, 0.6) is 0 Å². The van der Waals surface area contributed by atoms with Crippen molar-refractivity contribution in [2.45, 2.75) is 38.3 Å². The molecule has 3 aromatic heterocycles. The van der Waals surface area contributed by atoms with Gasteiger partial charge in [-0.1, -0.05) is 30.4 Å². The molecule has 0 radical (unpaired) electrons. The molecule has 0 atom stereocenters. The summed E-state index contributed by atoms with van der Waals surface area (Å²) in [5.74, 6) is 1.14. The zero-order chi connectivity index (χ0) is 16.8. The molecule has 5 nitrogen and oxygen atoms in total. The van der Waals surface area contributed by atoms with Crippen LogP contribution >= 0.6 is 11.3 Å². The van der Waals surface area contributed by atoms with Crippen molar-refractivity contribution in [1.82, 2.24) is 19.5 Å². The first-order valence-electron chi connectivity index (χ1n) is 8.75. The van der Waals surface area contributed by atoms with Crippen molar-refractivity contribution in [1.29, 1.82) is 0 Å². The van der Waals surface area contributed by atoms with E-state index in [0.717, 1.165) is 46.9 Å². The van der Waals surface area contributed by atoms with E-state index in [1.807, 2.05) is 24.4 Å². The minimum Gasteiger partial charge on any atom is -0.359 e. The minimum absolute atomic E-state index is 0.469. The van der Waals surface area contributed by atoms with Gasteiger partial charge in [0, 0.05) is 24.7 Å². The lowest BCUT2D eigenvalue weighted by atomic mass is 9.86. The summed E-state index contributed by atoms with van der Waals surface area (Å²) in [6.07, 6.45) is 4.97. The predicted molar refractivity (Wildman–Crippen MR) is 102 cm³/mol. The van der Waals surface area contributed by atoms with Gasteiger partial charge in [-0.15, -0.1) is 0 Å². The fourth-order valence-corrected chi connectivity index (χ4v) is 4.58. The molecule has 1 fully saturated rings. The zero-order valence-electron chi connectivity index (χ0n) is 14.0. The number of aryl methyl sites for hydroxylation is 1. The average Bonchev–Trinajstić information content (AvgIpc) is 3.18. The third-order valence-corrected chi connectivity index (χ3v) is 5.91. The fourth-order valence-electron chi connectivity index (χ4n) is 3.63. The highest BCUT2D eigenvalue weighted by Crippen LogP contribution is 2.38. The van der Waals surface area contributed by atoms with E-state index in [4.69, 9.17) is 4.98 Å². The number of thiazole rings is 1. The van der Waals surface area contributed by atoms with Crippen molar-refractivity contribution in [3.63, 3.8) is 0 Å². The number of fused-ring (bicyclic) bond motifs is 2. The highest BCUT2D eigenvalue weighted by Gasteiger charge is 2.33. The molecule has 1 aliphatic rings. The van der Waals surface area contributed by atoms with E-state index in [2.05, 4.69) is 45.0 Å². The lowest BCUT2D eigenvalue weighted by Crippen LogP contribution is -2.37. The Morgan fingerprint density at radius 1 is 1.12 bits per heavy atom. The molecule has 0 amide bonds. The van der Waals surface area contributed by atoms with Crippen molar-refractivity contribution < 1.29 is 0 Å². The maximum atomic E-state index is 4.74. The molecule has 0 aliphatic heterocycles. The number of nitrogens with one attached hydrogen (secondary N) is 1. The van der Waals surface area contributed by atoms with Gasteiger partial charge in [-0.3, -0.25) is 0 Å². The Kier molecular flexibility index (Phi) is 3.45. The number of anilines is 1. The van der Waals surface area contributed by atoms with Gasteiger partial charge in [0.15, 0.2) is 10.8 Å². The molecule has 25 heavy (non-hydrogen) atoms. The predicted octanol–water partition coefficient (Wildman–Crippen LogP) is 4.42. The number of pyridine rings is 1. The summed E-state index contributed by atoms with van der Waals surface area (Å²) in [7, 11) is 0. The molecular formula is C19H19N5S. The van der Waals surface area contributed by atoms with E-state index in [0.29, 0.717) is 12.1 Å². The van der Waals surface area contributed by atoms with E-state index in [1.165, 1.54) is 4.70 Å². The van der Waals surface area contributed by atoms with Crippen LogP contribution in [-0.4, -0.2) is 25.6 Å². The molecule has 0 spiro atoms. The molecule has 1 saturated carbocycles. The van der Waals surface area contributed by atoms with Crippen molar-refractivity contribution in [2.24, 2.45) is 0 Å². The van der Waals surface area contributed by atoms with Gasteiger partial charge in [0.05, 0.1) is 10.2 Å². The van der Waals surface area contributed by atoms with Crippen LogP contribution in [0, 0.1) is 0 Å². The highest BCUT2D eigenvalue weighted by atomic mass is 32.1. The van der Waals surface area contributed by atoms with Crippen LogP contribution in [0.4, 0.5) is 5.13 Å². The van der Waals surface area contributed by atoms with Crippen LogP contribution in [0.2, 0.25) is 0 Å². The van der Waals surface area contributed by atoms with Crippen LogP contribution in [-0.2, 0) is 6.42 Å². The summed E-state index contributed by atoms with van der Waals surface area (Å²) in [6.45, 7) is 2.16. The van der Waals surface area contributed by atoms with E-state index in [1.54, 1.807) is 11.3 Å². The topological polar surface area (TPSA) is 55.6 Å². The molecule has 6 heteroatoms. The first kappa shape index (κ1) is 14.8. The SMILES string of the molecule is CCc1nc2cccnc2n1[C@H]1C[C@H](Nc2nc3ccccc3s2)C1. The Bertz CT molecular complexity index is 1010. The average molecular weight is 349 g/mol. The molecule has 0 bridgehead atoms. The number of imidazole rings is 1. The fraction of sp³-hybridized carbons (Fsp3) is 0.316. The van der Waals surface area contributed by atoms with Crippen molar-refractivity contribution in [2.75, 3.05) is 5.32 Å². The molecule has 5 rings (SSSR count). The van der Waals surface area contributed by atoms with Crippen LogP contribution in [0.15, 0.2) is 42.6 Å². The molecule has 1 N–H and O–H groups in total. The largest absolute Gasteiger partial charge is 0.359 e. The molecule has 0 unspecified atom stereocenters. The molecule has 126 valence electrons. The van der Waals surface area contributed by atoms with Crippen molar-refractivity contribution >= 4 is 37.8 Å². The summed E-state index contributed by atoms with van der Waals surface area (Å²) < 4.78 is 3.57. The van der Waals surface area contributed by atoms with Gasteiger partial charge in [-0.05, 0) is 37.1 Å². The number of para-hydroxylation sites is 1. The quantitative estimate of drug-likeness (QED) is 0.592. The summed E-state index contributed by atoms with van der Waals surface area (Å²) >= 11 is 1.73. The van der Waals surface area contributed by atoms with E-state index in [-0.39, 0.29) is 0 Å². The number of benzene rings is 1. The standard InChI is InChI=1S/C19H19N5S/c1-2-17-22-15-7-5-9-20-18(15)24(17)13-10-12(11-13)21-19-23-14-6-3-4-8-16(14)25-19/h3-9,12-13H,2,10-11H2,1H3,(H,21,23)/t12-,13-. The highest BCUT2D eigenvalue weighted by molar-refractivity contribution is 7.22. The number of hydrogen-bond donors (Lipinski definition) is 1. The molecular weight excluding hydrogens is 330 g/mol. The molecule has 4 aromatic rings. The number of aromatic nitrogens is 4. The van der Waals surface area contributed by atoms with Gasteiger partial charge >= 0.3 is 0 Å². The first-order valence-corrected chi connectivity index (χ1v) is 9.57. The first-order chi connectivity index (χ1) is 12.3. The minimum atomic E-state index is 0.469. The monoisotopic (exact) mass is 349 g/mol. The molecule has 3 heterocycles. The summed E-state index contributed by atoms with van der Waals surface area (Å²) in [5, 5.41) is 4.62. The smallest absolute Gasteiger partial charge is 0.184 e. The molecule has 1 aromatic carbocycles. The summed E-state index contributed by atoms with van der Waals surface area (Å²) in [6, 6.07) is 13.2. The maximum Gasteiger partial charge on any atom is 0.184 e. The van der Waals surface area contributed by atoms with Crippen molar-refractivity contribution in [3.8, 4) is 0 Å². The molecule has 0 saturated heterocycles. The second-order valence-corrected chi connectivity index (χ2v) is 7.58. The maximum absolute atomic E-state index is 4.74. The van der Waals surface area contributed by atoms with Gasteiger partial charge in [0.1, 0.15) is 11.3 Å². The van der Waals surface area contributed by atoms with Gasteiger partial charge in [-0.25, -0.2) is 15.0 Å². The van der Waals surface area contributed by atoms with Crippen LogP contribution < -0.4 is 5.32 Å². The third kappa shape index (κ3) is 2.48. The van der Waals surface area contributed by atoms with Gasteiger partial charge in [0.25, 0.3) is 0 Å². The van der Waals surface area contributed by atoms with Crippen LogP contribution in [0.1, 0.15) is 31.6 Å². The van der Waals surface area contributed by atoms with Crippen LogP contribution in [0.25, 0.3) is 21.4 Å². The summed E-state index contributed by atoms with van der Waals surface area (Å²) in [4.78, 5) is 14.0. The van der Waals surface area contributed by atoms with E-state index in [9.17, 15) is 0 Å². The summed E-state index contributed by atoms with van der Waals surface area (Å²) in [5.41, 5.74) is 3.09. The van der Waals surface area contributed by atoms with Gasteiger partial charge in [-0.2, -0.15) is 0 Å². The lowest BCUT2D eigenvalue weighted by Gasteiger charge is -2.37. The number of rotatable bonds is 4. The van der Waals surface area contributed by atoms with Crippen LogP contribution in [0.3, 0.4) is 0 Å². The Labute approximate surface area is 149 Å². The normalized spacial score (nSPS) is 20.0. The molecule has 1 aliphatic carbocycles. The Morgan fingerprint density at radius 2 is 1.96 bits per heavy atom. The van der Waals surface area contributed by atoms with E-state index >= 15 is 0 Å².